The molecule has 2 aromatic heterocycles. The van der Waals surface area contributed by atoms with Gasteiger partial charge in [0.25, 0.3) is 0 Å². The van der Waals surface area contributed by atoms with E-state index in [1.807, 2.05) is 24.4 Å². The fraction of sp³-hybridized carbons (Fsp3) is 0. The van der Waals surface area contributed by atoms with Gasteiger partial charge in [-0.15, -0.1) is 0 Å². The van der Waals surface area contributed by atoms with Gasteiger partial charge in [-0.1, -0.05) is 115 Å². The number of furan rings is 1. The topological polar surface area (TPSA) is 29.3 Å². The van der Waals surface area contributed by atoms with E-state index in [0.717, 1.165) is 55.5 Å². The third-order valence-electron chi connectivity index (χ3n) is 8.88. The third-order valence-corrected chi connectivity index (χ3v) is 8.88. The van der Waals surface area contributed by atoms with Crippen LogP contribution in [0.25, 0.3) is 65.9 Å². The van der Waals surface area contributed by atoms with Gasteiger partial charge in [0.1, 0.15) is 11.1 Å². The SMILES string of the molecule is c1ccc(-c2ccc(N(c3ccc4cnc5c6ccccc6oc5c4c3)c3ccccc3-c3ccc4ccccc4c3)cc2)cc1. The highest BCUT2D eigenvalue weighted by Gasteiger charge is 2.19. The van der Waals surface area contributed by atoms with Crippen molar-refractivity contribution in [3.63, 3.8) is 0 Å². The van der Waals surface area contributed by atoms with Crippen LogP contribution in [0.3, 0.4) is 0 Å². The van der Waals surface area contributed by atoms with E-state index in [9.17, 15) is 0 Å². The largest absolute Gasteiger partial charge is 0.454 e. The van der Waals surface area contributed by atoms with Crippen molar-refractivity contribution in [2.75, 3.05) is 4.90 Å². The van der Waals surface area contributed by atoms with Crippen LogP contribution in [0.2, 0.25) is 0 Å². The molecular formula is C43H28N2O. The molecule has 0 spiro atoms. The van der Waals surface area contributed by atoms with Gasteiger partial charge in [0, 0.05) is 39.3 Å². The van der Waals surface area contributed by atoms with E-state index in [4.69, 9.17) is 9.40 Å². The molecule has 3 heteroatoms. The zero-order valence-corrected chi connectivity index (χ0v) is 25.0. The summed E-state index contributed by atoms with van der Waals surface area (Å²) in [5.41, 5.74) is 10.5. The molecule has 0 aliphatic heterocycles. The Hall–Kier alpha value is -6.19. The van der Waals surface area contributed by atoms with Gasteiger partial charge < -0.3 is 9.32 Å². The molecule has 0 saturated heterocycles. The van der Waals surface area contributed by atoms with Crippen molar-refractivity contribution in [2.45, 2.75) is 0 Å². The zero-order valence-electron chi connectivity index (χ0n) is 25.0. The lowest BCUT2D eigenvalue weighted by molar-refractivity contribution is 0.672. The standard InChI is InChI=1S/C43H28N2O/c1-2-10-29(11-3-1)31-20-23-35(24-21-31)45(40-16-8-6-14-37(40)33-19-18-30-12-4-5-13-32(30)26-33)36-25-22-34-28-44-42-38-15-7-9-17-41(38)46-43(42)39(34)27-36/h1-28H. The molecule has 0 fully saturated rings. The van der Waals surface area contributed by atoms with Gasteiger partial charge in [-0.2, -0.15) is 0 Å². The van der Waals surface area contributed by atoms with E-state index in [2.05, 4.69) is 150 Å². The average molecular weight is 589 g/mol. The highest BCUT2D eigenvalue weighted by atomic mass is 16.3. The maximum atomic E-state index is 6.43. The minimum Gasteiger partial charge on any atom is -0.454 e. The number of aromatic nitrogens is 1. The molecule has 0 aliphatic carbocycles. The van der Waals surface area contributed by atoms with Crippen LogP contribution in [-0.4, -0.2) is 4.98 Å². The van der Waals surface area contributed by atoms with Crippen LogP contribution in [0.4, 0.5) is 17.1 Å². The van der Waals surface area contributed by atoms with Gasteiger partial charge in [-0.3, -0.25) is 4.98 Å². The third kappa shape index (κ3) is 4.41. The van der Waals surface area contributed by atoms with Crippen LogP contribution >= 0.6 is 0 Å². The summed E-state index contributed by atoms with van der Waals surface area (Å²) in [5, 5.41) is 5.55. The predicted molar refractivity (Wildman–Crippen MR) is 192 cm³/mol. The molecule has 0 atom stereocenters. The number of hydrogen-bond acceptors (Lipinski definition) is 3. The van der Waals surface area contributed by atoms with E-state index < -0.39 is 0 Å². The Bertz CT molecular complexity index is 2530. The number of para-hydroxylation sites is 2. The Kier molecular flexibility index (Phi) is 6.14. The van der Waals surface area contributed by atoms with Crippen molar-refractivity contribution in [3.05, 3.63) is 170 Å². The van der Waals surface area contributed by atoms with Crippen molar-refractivity contribution >= 4 is 60.7 Å². The monoisotopic (exact) mass is 588 g/mol. The fourth-order valence-corrected chi connectivity index (χ4v) is 6.60. The Morgan fingerprint density at radius 1 is 0.457 bits per heavy atom. The van der Waals surface area contributed by atoms with Gasteiger partial charge in [-0.25, -0.2) is 0 Å². The fourth-order valence-electron chi connectivity index (χ4n) is 6.60. The number of rotatable bonds is 5. The zero-order chi connectivity index (χ0) is 30.5. The lowest BCUT2D eigenvalue weighted by Gasteiger charge is -2.28. The Labute approximate surface area is 266 Å². The Balaban J connectivity index is 1.27. The van der Waals surface area contributed by atoms with Gasteiger partial charge in [0.05, 0.1) is 5.69 Å². The number of anilines is 3. The minimum absolute atomic E-state index is 0.808. The first-order valence-electron chi connectivity index (χ1n) is 15.5. The highest BCUT2D eigenvalue weighted by molar-refractivity contribution is 6.13. The second-order valence-corrected chi connectivity index (χ2v) is 11.6. The molecule has 216 valence electrons. The maximum Gasteiger partial charge on any atom is 0.161 e. The molecular weight excluding hydrogens is 560 g/mol. The molecule has 0 unspecified atom stereocenters. The van der Waals surface area contributed by atoms with Crippen LogP contribution in [0, 0.1) is 0 Å². The first-order chi connectivity index (χ1) is 22.8. The summed E-state index contributed by atoms with van der Waals surface area (Å²) >= 11 is 0. The quantitative estimate of drug-likeness (QED) is 0.200. The van der Waals surface area contributed by atoms with Crippen LogP contribution in [0.15, 0.2) is 174 Å². The first kappa shape index (κ1) is 26.2. The second kappa shape index (κ2) is 10.8. The van der Waals surface area contributed by atoms with E-state index in [1.54, 1.807) is 0 Å². The molecule has 0 amide bonds. The van der Waals surface area contributed by atoms with Crippen LogP contribution in [0.5, 0.6) is 0 Å². The summed E-state index contributed by atoms with van der Waals surface area (Å²) in [6.07, 6.45) is 1.95. The smallest absolute Gasteiger partial charge is 0.161 e. The van der Waals surface area contributed by atoms with E-state index >= 15 is 0 Å². The molecule has 9 aromatic rings. The van der Waals surface area contributed by atoms with Crippen molar-refractivity contribution in [1.29, 1.82) is 0 Å². The highest BCUT2D eigenvalue weighted by Crippen LogP contribution is 2.43. The van der Waals surface area contributed by atoms with Crippen LogP contribution in [-0.2, 0) is 0 Å². The Morgan fingerprint density at radius 3 is 2.02 bits per heavy atom. The number of pyridine rings is 1. The molecule has 9 rings (SSSR count). The van der Waals surface area contributed by atoms with E-state index in [0.29, 0.717) is 0 Å². The normalized spacial score (nSPS) is 11.5. The Morgan fingerprint density at radius 2 is 1.13 bits per heavy atom. The summed E-state index contributed by atoms with van der Waals surface area (Å²) in [4.78, 5) is 7.15. The molecule has 0 radical (unpaired) electrons. The number of fused-ring (bicyclic) bond motifs is 6. The van der Waals surface area contributed by atoms with Crippen molar-refractivity contribution in [3.8, 4) is 22.3 Å². The molecule has 0 N–H and O–H groups in total. The molecule has 3 nitrogen and oxygen atoms in total. The van der Waals surface area contributed by atoms with Crippen molar-refractivity contribution in [2.24, 2.45) is 0 Å². The summed E-state index contributed by atoms with van der Waals surface area (Å²) < 4.78 is 6.43. The van der Waals surface area contributed by atoms with Crippen molar-refractivity contribution < 1.29 is 4.42 Å². The molecule has 0 saturated carbocycles. The van der Waals surface area contributed by atoms with Gasteiger partial charge in [0.15, 0.2) is 5.58 Å². The lowest BCUT2D eigenvalue weighted by Crippen LogP contribution is -2.11. The van der Waals surface area contributed by atoms with Crippen LogP contribution in [0.1, 0.15) is 0 Å². The second-order valence-electron chi connectivity index (χ2n) is 11.6. The van der Waals surface area contributed by atoms with Crippen molar-refractivity contribution in [1.82, 2.24) is 4.98 Å². The number of nitrogens with zero attached hydrogens (tertiary/aromatic N) is 2. The summed E-state index contributed by atoms with van der Waals surface area (Å²) in [5.74, 6) is 0. The van der Waals surface area contributed by atoms with Gasteiger partial charge in [-0.05, 0) is 76.0 Å². The molecule has 0 bridgehead atoms. The molecule has 2 heterocycles. The summed E-state index contributed by atoms with van der Waals surface area (Å²) in [7, 11) is 0. The molecule has 7 aromatic carbocycles. The van der Waals surface area contributed by atoms with E-state index in [1.165, 1.54) is 27.5 Å². The van der Waals surface area contributed by atoms with E-state index in [-0.39, 0.29) is 0 Å². The van der Waals surface area contributed by atoms with Gasteiger partial charge in [0.2, 0.25) is 0 Å². The average Bonchev–Trinajstić information content (AvgIpc) is 3.52. The molecule has 0 aliphatic rings. The summed E-state index contributed by atoms with van der Waals surface area (Å²) in [6.45, 7) is 0. The van der Waals surface area contributed by atoms with Crippen LogP contribution < -0.4 is 4.90 Å². The number of benzene rings is 7. The predicted octanol–water partition coefficient (Wildman–Crippen LogP) is 12.1. The first-order valence-corrected chi connectivity index (χ1v) is 15.5. The lowest BCUT2D eigenvalue weighted by atomic mass is 9.98. The minimum atomic E-state index is 0.808. The molecule has 46 heavy (non-hydrogen) atoms. The maximum absolute atomic E-state index is 6.43. The number of hydrogen-bond donors (Lipinski definition) is 0. The summed E-state index contributed by atoms with van der Waals surface area (Å²) in [6, 6.07) is 58.0. The van der Waals surface area contributed by atoms with Gasteiger partial charge >= 0.3 is 0 Å².